The third-order valence-electron chi connectivity index (χ3n) is 20.8. The van der Waals surface area contributed by atoms with Gasteiger partial charge in [-0.05, 0) is 228 Å². The molecule has 0 fully saturated rings. The second-order valence-electron chi connectivity index (χ2n) is 28.1. The van der Waals surface area contributed by atoms with E-state index in [1.807, 2.05) is 11.3 Å². The lowest BCUT2D eigenvalue weighted by molar-refractivity contribution is 1.22. The average molecular weight is 1490 g/mol. The molecule has 0 bridgehead atoms. The lowest BCUT2D eigenvalue weighted by atomic mass is 10.0. The van der Waals surface area contributed by atoms with Crippen LogP contribution in [0.3, 0.4) is 0 Å². The summed E-state index contributed by atoms with van der Waals surface area (Å²) in [6.07, 6.45) is 0. The minimum atomic E-state index is 1.02. The van der Waals surface area contributed by atoms with Gasteiger partial charge in [-0.25, -0.2) is 0 Å². The van der Waals surface area contributed by atoms with E-state index >= 15 is 0 Å². The quantitative estimate of drug-likeness (QED) is 0.0709. The molecular formula is C108H80N6S. The monoisotopic (exact) mass is 1490 g/mol. The second kappa shape index (κ2) is 33.7. The zero-order chi connectivity index (χ0) is 76.9. The summed E-state index contributed by atoms with van der Waals surface area (Å²) in [5.74, 6) is 0. The summed E-state index contributed by atoms with van der Waals surface area (Å²) in [7, 11) is 0. The van der Waals surface area contributed by atoms with Crippen LogP contribution in [0.2, 0.25) is 0 Å². The Hall–Kier alpha value is -15.0. The second-order valence-corrected chi connectivity index (χ2v) is 29.2. The van der Waals surface area contributed by atoms with Gasteiger partial charge in [0.2, 0.25) is 0 Å². The van der Waals surface area contributed by atoms with Gasteiger partial charge >= 0.3 is 0 Å². The van der Waals surface area contributed by atoms with Crippen molar-refractivity contribution in [1.29, 1.82) is 0 Å². The molecule has 0 unspecified atom stereocenters. The maximum Gasteiger partial charge on any atom is 0.0503 e. The van der Waals surface area contributed by atoms with Crippen LogP contribution in [0, 0.1) is 0 Å². The molecule has 18 aromatic carbocycles. The van der Waals surface area contributed by atoms with Crippen LogP contribution in [-0.4, -0.2) is 0 Å². The van der Waals surface area contributed by atoms with Crippen molar-refractivity contribution in [1.82, 2.24) is 0 Å². The van der Waals surface area contributed by atoms with Crippen molar-refractivity contribution in [2.24, 2.45) is 0 Å². The van der Waals surface area contributed by atoms with E-state index in [0.717, 1.165) is 102 Å². The van der Waals surface area contributed by atoms with Gasteiger partial charge in [-0.1, -0.05) is 291 Å². The van der Waals surface area contributed by atoms with E-state index in [1.54, 1.807) is 0 Å². The van der Waals surface area contributed by atoms with Crippen LogP contribution < -0.4 is 29.4 Å². The highest BCUT2D eigenvalue weighted by atomic mass is 32.1. The highest BCUT2D eigenvalue weighted by molar-refractivity contribution is 7.25. The number of rotatable bonds is 21. The Kier molecular flexibility index (Phi) is 21.0. The van der Waals surface area contributed by atoms with Crippen molar-refractivity contribution >= 4 is 134 Å². The number of benzene rings is 18. The van der Waals surface area contributed by atoms with Crippen LogP contribution in [0.4, 0.5) is 102 Å². The highest BCUT2D eigenvalue weighted by Gasteiger charge is 2.26. The summed E-state index contributed by atoms with van der Waals surface area (Å²) in [6, 6.07) is 173. The molecule has 0 aliphatic heterocycles. The minimum absolute atomic E-state index is 1.02. The Labute approximate surface area is 677 Å². The SMILES string of the molecule is c1ccc(-c2ccc(N(c3cc(N(c4ccccc4)c4ccccc4)cc(N(c4ccccc4)c4ccccc4)c3)c3ccc4sc5ccccc5c4c3)cc2)cc1.c1ccc(-c2ccc(N(c3ccc(-c4ccccc4)cc3)c3cc(N(c4ccccc4)c4ccccc4)cc(N(c4ccccc4)c4ccccc4)c3)cc2)cc1. The molecule has 0 amide bonds. The highest BCUT2D eigenvalue weighted by Crippen LogP contribution is 2.50. The van der Waals surface area contributed by atoms with Crippen molar-refractivity contribution < 1.29 is 0 Å². The summed E-state index contributed by atoms with van der Waals surface area (Å²) < 4.78 is 2.57. The smallest absolute Gasteiger partial charge is 0.0503 e. The molecule has 19 aromatic rings. The summed E-state index contributed by atoms with van der Waals surface area (Å²) in [6.45, 7) is 0. The van der Waals surface area contributed by atoms with E-state index in [9.17, 15) is 0 Å². The Balaban J connectivity index is 0.000000160. The normalized spacial score (nSPS) is 11.0. The molecule has 0 aliphatic rings. The van der Waals surface area contributed by atoms with Gasteiger partial charge in [0.15, 0.2) is 0 Å². The standard InChI is InChI=1S/C54H39N3S.C54H41N3/c1-6-18-40(19-7-1)41-30-32-46(33-31-41)57(47-34-35-54-52(39-47)51-28-16-17-29-53(51)58-54)50-37-48(55(42-20-8-2-9-21-42)43-22-10-3-11-23-43)36-49(38-50)56(44-24-12-4-13-25-44)45-26-14-5-15-27-45;1-7-19-42(20-8-1)44-31-35-50(36-32-44)57(51-37-33-45(34-38-51)43-21-9-2-10-22-43)54-40-52(55(46-23-11-3-12-24-46)47-25-13-4-14-26-47)39-53(41-54)56(48-27-15-5-16-28-48)49-29-17-6-18-30-49/h1-39H;1-41H. The fourth-order valence-corrected chi connectivity index (χ4v) is 16.5. The zero-order valence-corrected chi connectivity index (χ0v) is 64.1. The minimum Gasteiger partial charge on any atom is -0.310 e. The molecule has 548 valence electrons. The average Bonchev–Trinajstić information content (AvgIpc) is 1.70. The van der Waals surface area contributed by atoms with Crippen LogP contribution in [0.1, 0.15) is 0 Å². The fraction of sp³-hybridized carbons (Fsp3) is 0. The molecule has 6 nitrogen and oxygen atoms in total. The van der Waals surface area contributed by atoms with Crippen molar-refractivity contribution in [2.75, 3.05) is 29.4 Å². The molecule has 1 heterocycles. The number of nitrogens with zero attached hydrogens (tertiary/aromatic N) is 6. The molecule has 0 N–H and O–H groups in total. The van der Waals surface area contributed by atoms with E-state index in [1.165, 1.54) is 53.6 Å². The van der Waals surface area contributed by atoms with Crippen molar-refractivity contribution in [3.8, 4) is 33.4 Å². The van der Waals surface area contributed by atoms with Crippen molar-refractivity contribution in [3.05, 3.63) is 485 Å². The van der Waals surface area contributed by atoms with E-state index in [2.05, 4.69) is 515 Å². The van der Waals surface area contributed by atoms with E-state index in [-0.39, 0.29) is 0 Å². The number of hydrogen-bond donors (Lipinski definition) is 0. The molecule has 0 radical (unpaired) electrons. The lowest BCUT2D eigenvalue weighted by Crippen LogP contribution is -2.16. The van der Waals surface area contributed by atoms with Crippen molar-refractivity contribution in [2.45, 2.75) is 0 Å². The predicted octanol–water partition coefficient (Wildman–Crippen LogP) is 31.6. The molecule has 0 aliphatic carbocycles. The Morgan fingerprint density at radius 2 is 0.287 bits per heavy atom. The molecule has 0 atom stereocenters. The van der Waals surface area contributed by atoms with E-state index in [0.29, 0.717) is 0 Å². The molecule has 0 saturated carbocycles. The van der Waals surface area contributed by atoms with E-state index < -0.39 is 0 Å². The number of para-hydroxylation sites is 8. The topological polar surface area (TPSA) is 19.4 Å². The summed E-state index contributed by atoms with van der Waals surface area (Å²) in [5.41, 5.74) is 26.2. The molecule has 0 saturated heterocycles. The van der Waals surface area contributed by atoms with Crippen molar-refractivity contribution in [3.63, 3.8) is 0 Å². The van der Waals surface area contributed by atoms with Gasteiger partial charge in [-0.2, -0.15) is 0 Å². The maximum atomic E-state index is 2.41. The molecule has 0 spiro atoms. The number of hydrogen-bond acceptors (Lipinski definition) is 7. The largest absolute Gasteiger partial charge is 0.310 e. The maximum absolute atomic E-state index is 2.41. The fourth-order valence-electron chi connectivity index (χ4n) is 15.4. The molecule has 7 heteroatoms. The van der Waals surface area contributed by atoms with E-state index in [4.69, 9.17) is 0 Å². The molecule has 19 rings (SSSR count). The molecule has 115 heavy (non-hydrogen) atoms. The summed E-state index contributed by atoms with van der Waals surface area (Å²) in [4.78, 5) is 14.2. The first-order chi connectivity index (χ1) is 57.0. The van der Waals surface area contributed by atoms with Gasteiger partial charge in [0.25, 0.3) is 0 Å². The Morgan fingerprint density at radius 3 is 0.530 bits per heavy atom. The Morgan fingerprint density at radius 1 is 0.113 bits per heavy atom. The predicted molar refractivity (Wildman–Crippen MR) is 490 cm³/mol. The van der Waals surface area contributed by atoms with Gasteiger partial charge in [0, 0.05) is 88.4 Å². The van der Waals surface area contributed by atoms with Gasteiger partial charge in [-0.15, -0.1) is 11.3 Å². The number of anilines is 18. The number of fused-ring (bicyclic) bond motifs is 3. The Bertz CT molecular complexity index is 5910. The first-order valence-electron chi connectivity index (χ1n) is 38.9. The first kappa shape index (κ1) is 71.6. The summed E-state index contributed by atoms with van der Waals surface area (Å²) >= 11 is 1.84. The lowest BCUT2D eigenvalue weighted by Gasteiger charge is -2.33. The van der Waals surface area contributed by atoms with Gasteiger partial charge in [0.1, 0.15) is 0 Å². The van der Waals surface area contributed by atoms with Crippen LogP contribution in [0.5, 0.6) is 0 Å². The number of thiophene rings is 1. The van der Waals surface area contributed by atoms with Gasteiger partial charge in [-0.3, -0.25) is 0 Å². The first-order valence-corrected chi connectivity index (χ1v) is 39.8. The summed E-state index contributed by atoms with van der Waals surface area (Å²) in [5, 5.41) is 2.53. The van der Waals surface area contributed by atoms with Crippen LogP contribution in [0.25, 0.3) is 53.6 Å². The molecular weight excluding hydrogens is 1410 g/mol. The van der Waals surface area contributed by atoms with Crippen LogP contribution in [0.15, 0.2) is 485 Å². The van der Waals surface area contributed by atoms with Gasteiger partial charge < -0.3 is 29.4 Å². The van der Waals surface area contributed by atoms with Crippen LogP contribution in [-0.2, 0) is 0 Å². The third-order valence-corrected chi connectivity index (χ3v) is 21.9. The van der Waals surface area contributed by atoms with Crippen LogP contribution >= 0.6 is 11.3 Å². The molecule has 1 aromatic heterocycles. The van der Waals surface area contributed by atoms with Gasteiger partial charge in [0.05, 0.1) is 34.1 Å². The third kappa shape index (κ3) is 15.8. The zero-order valence-electron chi connectivity index (χ0n) is 63.3.